The molecule has 7 heteroatoms. The van der Waals surface area contributed by atoms with Crippen LogP contribution in [0.4, 0.5) is 5.82 Å². The molecule has 0 saturated carbocycles. The molecule has 2 heterocycles. The molecule has 0 unspecified atom stereocenters. The van der Waals surface area contributed by atoms with Gasteiger partial charge in [-0.2, -0.15) is 5.26 Å². The fourth-order valence-corrected chi connectivity index (χ4v) is 2.59. The highest BCUT2D eigenvalue weighted by Crippen LogP contribution is 2.20. The van der Waals surface area contributed by atoms with Crippen LogP contribution in [0.5, 0.6) is 0 Å². The molecule has 6 nitrogen and oxygen atoms in total. The van der Waals surface area contributed by atoms with E-state index in [1.54, 1.807) is 0 Å². The number of nitrogens with zero attached hydrogens (tertiary/aromatic N) is 3. The van der Waals surface area contributed by atoms with Gasteiger partial charge < -0.3 is 16.0 Å². The molecule has 3 rings (SSSR count). The zero-order valence-electron chi connectivity index (χ0n) is 14.4. The number of nitrogens with one attached hydrogen (secondary N) is 3. The molecule has 0 aliphatic carbocycles. The summed E-state index contributed by atoms with van der Waals surface area (Å²) in [5.74, 6) is 2.36. The molecule has 0 radical (unpaired) electrons. The van der Waals surface area contributed by atoms with E-state index in [2.05, 4.69) is 32.0 Å². The summed E-state index contributed by atoms with van der Waals surface area (Å²) in [6.45, 7) is 3.91. The molecule has 1 aliphatic heterocycles. The lowest BCUT2D eigenvalue weighted by molar-refractivity contribution is 0.711. The Labute approximate surface area is 157 Å². The van der Waals surface area contributed by atoms with Crippen molar-refractivity contribution in [2.45, 2.75) is 6.92 Å². The minimum Gasteiger partial charge on any atom is -0.370 e. The predicted molar refractivity (Wildman–Crippen MR) is 103 cm³/mol. The fourth-order valence-electron chi connectivity index (χ4n) is 2.47. The predicted octanol–water partition coefficient (Wildman–Crippen LogP) is 3.00. The van der Waals surface area contributed by atoms with Crippen LogP contribution < -0.4 is 16.0 Å². The standard InChI is InChI=1S/C19H19ClN6/c1-13-10-18(26-19(25-13)15-3-5-16(20)6-4-15)23-9-8-22-17-7-2-14(11-21)12-24-17/h2-7,10,22,24H,8-9,12H2,1H3,(H,23,25,26). The molecule has 1 aromatic heterocycles. The summed E-state index contributed by atoms with van der Waals surface area (Å²) in [5.41, 5.74) is 2.54. The molecule has 3 N–H and O–H groups in total. The van der Waals surface area contributed by atoms with Crippen LogP contribution in [0.3, 0.4) is 0 Å². The van der Waals surface area contributed by atoms with E-state index in [1.807, 2.05) is 49.4 Å². The molecule has 0 saturated heterocycles. The highest BCUT2D eigenvalue weighted by molar-refractivity contribution is 6.30. The zero-order chi connectivity index (χ0) is 18.4. The van der Waals surface area contributed by atoms with Gasteiger partial charge in [0, 0.05) is 41.0 Å². The van der Waals surface area contributed by atoms with Crippen LogP contribution in [0.25, 0.3) is 11.4 Å². The van der Waals surface area contributed by atoms with Crippen LogP contribution in [-0.2, 0) is 0 Å². The Morgan fingerprint density at radius 2 is 1.92 bits per heavy atom. The quantitative estimate of drug-likeness (QED) is 0.681. The largest absolute Gasteiger partial charge is 0.370 e. The number of hydrogen-bond acceptors (Lipinski definition) is 6. The molecule has 1 aromatic carbocycles. The Balaban J connectivity index is 1.57. The van der Waals surface area contributed by atoms with Crippen molar-refractivity contribution in [3.05, 3.63) is 64.6 Å². The molecule has 0 spiro atoms. The smallest absolute Gasteiger partial charge is 0.161 e. The molecule has 132 valence electrons. The first kappa shape index (κ1) is 17.8. The van der Waals surface area contributed by atoms with Crippen molar-refractivity contribution in [2.24, 2.45) is 0 Å². The maximum absolute atomic E-state index is 8.82. The Bertz CT molecular complexity index is 880. The lowest BCUT2D eigenvalue weighted by Crippen LogP contribution is -2.32. The number of anilines is 1. The van der Waals surface area contributed by atoms with Gasteiger partial charge in [-0.1, -0.05) is 11.6 Å². The van der Waals surface area contributed by atoms with Gasteiger partial charge in [0.25, 0.3) is 0 Å². The number of benzene rings is 1. The second-order valence-corrected chi connectivity index (χ2v) is 6.25. The van der Waals surface area contributed by atoms with E-state index in [4.69, 9.17) is 16.9 Å². The third-order valence-corrected chi connectivity index (χ3v) is 4.02. The number of aromatic nitrogens is 2. The SMILES string of the molecule is Cc1cc(NCCNC2=CC=C(C#N)CN2)nc(-c2ccc(Cl)cc2)n1. The van der Waals surface area contributed by atoms with Crippen LogP contribution in [0.15, 0.2) is 53.9 Å². The van der Waals surface area contributed by atoms with E-state index in [9.17, 15) is 0 Å². The first-order valence-electron chi connectivity index (χ1n) is 8.28. The maximum Gasteiger partial charge on any atom is 0.161 e. The van der Waals surface area contributed by atoms with Crippen molar-refractivity contribution in [2.75, 3.05) is 25.0 Å². The summed E-state index contributed by atoms with van der Waals surface area (Å²) in [6, 6.07) is 11.5. The van der Waals surface area contributed by atoms with Crippen molar-refractivity contribution in [1.29, 1.82) is 5.26 Å². The topological polar surface area (TPSA) is 85.7 Å². The van der Waals surface area contributed by atoms with Crippen molar-refractivity contribution < 1.29 is 0 Å². The average molecular weight is 367 g/mol. The Morgan fingerprint density at radius 1 is 1.15 bits per heavy atom. The number of hydrogen-bond donors (Lipinski definition) is 3. The first-order chi connectivity index (χ1) is 12.6. The van der Waals surface area contributed by atoms with Gasteiger partial charge in [0.05, 0.1) is 18.4 Å². The van der Waals surface area contributed by atoms with Gasteiger partial charge >= 0.3 is 0 Å². The van der Waals surface area contributed by atoms with Crippen LogP contribution in [0.2, 0.25) is 5.02 Å². The number of dihydropyridines is 1. The molecule has 0 amide bonds. The van der Waals surface area contributed by atoms with E-state index in [-0.39, 0.29) is 0 Å². The van der Waals surface area contributed by atoms with Crippen LogP contribution in [0.1, 0.15) is 5.69 Å². The monoisotopic (exact) mass is 366 g/mol. The van der Waals surface area contributed by atoms with Crippen molar-refractivity contribution >= 4 is 17.4 Å². The zero-order valence-corrected chi connectivity index (χ0v) is 15.1. The summed E-state index contributed by atoms with van der Waals surface area (Å²) < 4.78 is 0. The van der Waals surface area contributed by atoms with Gasteiger partial charge in [0.1, 0.15) is 5.82 Å². The number of rotatable bonds is 6. The molecule has 0 atom stereocenters. The summed E-state index contributed by atoms with van der Waals surface area (Å²) in [6.07, 6.45) is 3.69. The van der Waals surface area contributed by atoms with Crippen LogP contribution in [0, 0.1) is 18.3 Å². The first-order valence-corrected chi connectivity index (χ1v) is 8.66. The second-order valence-electron chi connectivity index (χ2n) is 5.82. The number of nitriles is 1. The molecular formula is C19H19ClN6. The third-order valence-electron chi connectivity index (χ3n) is 3.77. The average Bonchev–Trinajstić information content (AvgIpc) is 2.66. The number of allylic oxidation sites excluding steroid dienone is 2. The molecular weight excluding hydrogens is 348 g/mol. The van der Waals surface area contributed by atoms with Crippen LogP contribution >= 0.6 is 11.6 Å². The molecule has 2 aromatic rings. The van der Waals surface area contributed by atoms with Crippen LogP contribution in [-0.4, -0.2) is 29.6 Å². The number of halogens is 1. The van der Waals surface area contributed by atoms with Gasteiger partial charge in [-0.05, 0) is 43.3 Å². The Morgan fingerprint density at radius 3 is 2.62 bits per heavy atom. The highest BCUT2D eigenvalue weighted by Gasteiger charge is 2.06. The van der Waals surface area contributed by atoms with Gasteiger partial charge in [0.2, 0.25) is 0 Å². The molecule has 1 aliphatic rings. The van der Waals surface area contributed by atoms with Crippen molar-refractivity contribution in [3.63, 3.8) is 0 Å². The molecule has 26 heavy (non-hydrogen) atoms. The fraction of sp³-hybridized carbons (Fsp3) is 0.211. The van der Waals surface area contributed by atoms with E-state index < -0.39 is 0 Å². The lowest BCUT2D eigenvalue weighted by Gasteiger charge is -2.16. The summed E-state index contributed by atoms with van der Waals surface area (Å²) in [7, 11) is 0. The minimum absolute atomic E-state index is 0.554. The third kappa shape index (κ3) is 4.74. The molecule has 0 fully saturated rings. The van der Waals surface area contributed by atoms with E-state index >= 15 is 0 Å². The van der Waals surface area contributed by atoms with E-state index in [0.717, 1.165) is 28.5 Å². The van der Waals surface area contributed by atoms with E-state index in [1.165, 1.54) is 0 Å². The highest BCUT2D eigenvalue weighted by atomic mass is 35.5. The number of aryl methyl sites for hydroxylation is 1. The van der Waals surface area contributed by atoms with Gasteiger partial charge in [-0.25, -0.2) is 9.97 Å². The normalized spacial score (nSPS) is 13.1. The lowest BCUT2D eigenvalue weighted by atomic mass is 10.2. The summed E-state index contributed by atoms with van der Waals surface area (Å²) >= 11 is 5.94. The summed E-state index contributed by atoms with van der Waals surface area (Å²) in [4.78, 5) is 9.06. The van der Waals surface area contributed by atoms with Crippen molar-refractivity contribution in [3.8, 4) is 17.5 Å². The minimum atomic E-state index is 0.554. The van der Waals surface area contributed by atoms with E-state index in [0.29, 0.717) is 30.5 Å². The van der Waals surface area contributed by atoms with Gasteiger partial charge in [-0.3, -0.25) is 0 Å². The molecule has 0 bridgehead atoms. The van der Waals surface area contributed by atoms with Gasteiger partial charge in [-0.15, -0.1) is 0 Å². The maximum atomic E-state index is 8.82. The Hall–Kier alpha value is -3.04. The van der Waals surface area contributed by atoms with Gasteiger partial charge in [0.15, 0.2) is 5.82 Å². The second kappa shape index (κ2) is 8.37. The Kier molecular flexibility index (Phi) is 5.72. The van der Waals surface area contributed by atoms with Crippen molar-refractivity contribution in [1.82, 2.24) is 20.6 Å². The summed E-state index contributed by atoms with van der Waals surface area (Å²) in [5, 5.41) is 19.3.